The van der Waals surface area contributed by atoms with Crippen molar-refractivity contribution in [3.05, 3.63) is 388 Å². The smallest absolute Gasteiger partial charge is 0.248 e. The first-order valence-corrected chi connectivity index (χ1v) is 43.6. The van der Waals surface area contributed by atoms with Gasteiger partial charge in [0.1, 0.15) is 22.4 Å². The maximum Gasteiger partial charge on any atom is 0.248 e. The molecule has 0 atom stereocenters. The maximum absolute atomic E-state index is 7.38. The fraction of sp³-hybridized carbons (Fsp3) is 0. The second-order valence-corrected chi connectivity index (χ2v) is 34.2. The molecule has 10 aromatic heterocycles. The Morgan fingerprint density at radius 1 is 0.211 bits per heavy atom. The predicted molar refractivity (Wildman–Crippen MR) is 523 cm³/mol. The highest BCUT2D eigenvalue weighted by Crippen LogP contribution is 2.56. The van der Waals surface area contributed by atoms with Crippen molar-refractivity contribution < 1.29 is 8.83 Å². The van der Waals surface area contributed by atoms with Gasteiger partial charge in [0.05, 0.1) is 88.7 Å². The summed E-state index contributed by atoms with van der Waals surface area (Å²) in [6.07, 6.45) is 0. The molecule has 128 heavy (non-hydrogen) atoms. The molecule has 0 N–H and O–H groups in total. The molecule has 0 amide bonds. The monoisotopic (exact) mass is 1630 g/mol. The minimum atomic E-state index is 0.437. The number of nitrogens with zero attached hydrogens (tertiary/aromatic N) is 10. The molecule has 0 spiro atoms. The SMILES string of the molecule is c1ccc(-n2c3ccccc3c3cc(-c4nc5c(nc4-n4c6ccccc6c6c7c8c(cc64)c4ccccc4n8-c4ccccc4-c4ccccc4-7)oc4c(-c6ccc(-n7c8ccccc8c8cc(-c9nc(-n%10c%11ccccc%11c%11c%12c%13c(cc%11%10)c%10ccccc%10n%13-c%10ccccc%10-c%10ccccc%10-%12)nc%10oc%11ccccc%11c9%10)ccc87)cc6)cccc45)ccc32)cc1. The Morgan fingerprint density at radius 2 is 0.625 bits per heavy atom. The van der Waals surface area contributed by atoms with Crippen LogP contribution in [0.25, 0.3) is 288 Å². The molecule has 2 aliphatic heterocycles. The van der Waals surface area contributed by atoms with Crippen LogP contribution in [-0.2, 0) is 0 Å². The molecule has 12 heteroatoms. The van der Waals surface area contributed by atoms with Crippen molar-refractivity contribution in [3.8, 4) is 113 Å². The van der Waals surface area contributed by atoms with E-state index < -0.39 is 0 Å². The van der Waals surface area contributed by atoms with Crippen molar-refractivity contribution in [1.82, 2.24) is 47.3 Å². The Kier molecular flexibility index (Phi) is 13.4. The molecular formula is C116H64N10O2. The van der Waals surface area contributed by atoms with Gasteiger partial charge in [0.25, 0.3) is 0 Å². The number of para-hydroxylation sites is 11. The van der Waals surface area contributed by atoms with Crippen molar-refractivity contribution in [3.63, 3.8) is 0 Å². The van der Waals surface area contributed by atoms with Crippen LogP contribution in [-0.4, -0.2) is 47.3 Å². The molecule has 30 rings (SSSR count). The van der Waals surface area contributed by atoms with Gasteiger partial charge in [0.2, 0.25) is 17.4 Å². The van der Waals surface area contributed by atoms with E-state index in [2.05, 4.69) is 404 Å². The summed E-state index contributed by atoms with van der Waals surface area (Å²) in [6.45, 7) is 0. The van der Waals surface area contributed by atoms with E-state index in [1.54, 1.807) is 0 Å². The summed E-state index contributed by atoms with van der Waals surface area (Å²) < 4.78 is 28.7. The number of hydrogen-bond donors (Lipinski definition) is 0. The number of hydrogen-bond acceptors (Lipinski definition) is 6. The van der Waals surface area contributed by atoms with Crippen LogP contribution in [0, 0.1) is 0 Å². The van der Waals surface area contributed by atoms with Gasteiger partial charge in [-0.25, -0.2) is 9.97 Å². The number of fused-ring (bicyclic) bond motifs is 36. The summed E-state index contributed by atoms with van der Waals surface area (Å²) in [5.41, 5.74) is 35.2. The lowest BCUT2D eigenvalue weighted by Gasteiger charge is -2.14. The lowest BCUT2D eigenvalue weighted by Crippen LogP contribution is -2.03. The highest BCUT2D eigenvalue weighted by Gasteiger charge is 2.35. The van der Waals surface area contributed by atoms with E-state index in [4.69, 9.17) is 28.8 Å². The van der Waals surface area contributed by atoms with Crippen LogP contribution in [0.5, 0.6) is 0 Å². The topological polar surface area (TPSA) is 107 Å². The molecule has 0 radical (unpaired) electrons. The van der Waals surface area contributed by atoms with Crippen molar-refractivity contribution >= 4 is 175 Å². The summed E-state index contributed by atoms with van der Waals surface area (Å²) in [6, 6.07) is 141. The van der Waals surface area contributed by atoms with Crippen LogP contribution in [0.4, 0.5) is 0 Å². The summed E-state index contributed by atoms with van der Waals surface area (Å²) >= 11 is 0. The summed E-state index contributed by atoms with van der Waals surface area (Å²) in [5.74, 6) is 1.18. The molecular weight excluding hydrogens is 1570 g/mol. The molecule has 590 valence electrons. The minimum absolute atomic E-state index is 0.437. The van der Waals surface area contributed by atoms with E-state index in [0.29, 0.717) is 34.3 Å². The Hall–Kier alpha value is -17.5. The van der Waals surface area contributed by atoms with Gasteiger partial charge in [-0.15, -0.1) is 0 Å². The number of benzene rings is 18. The molecule has 0 unspecified atom stereocenters. The molecule has 0 bridgehead atoms. The van der Waals surface area contributed by atoms with Crippen LogP contribution in [0.15, 0.2) is 397 Å². The first-order valence-electron chi connectivity index (χ1n) is 43.6. The van der Waals surface area contributed by atoms with Gasteiger partial charge in [0, 0.05) is 126 Å². The van der Waals surface area contributed by atoms with E-state index >= 15 is 0 Å². The van der Waals surface area contributed by atoms with E-state index in [0.717, 1.165) is 187 Å². The first kappa shape index (κ1) is 68.1. The zero-order valence-corrected chi connectivity index (χ0v) is 68.2. The molecule has 0 aliphatic carbocycles. The molecule has 0 saturated carbocycles. The standard InChI is InChI=1S/C116H64N10O2/c1-2-27-68(28-3-1)121-89-44-17-10-34-76(89)86-62-67(56-60-97(86)121)108-113(125-95-50-23-14-39-81(95)102-99(125)63-87-77-35-12-21-48-93(77)123-91-46-19-8-31-73(91)71-29-4-6-37-79(71)104(102)110(87)123)119-115-109(117-108)84-43-26-42-70(112(84)128-115)65-53-57-69(58-54-65)122-90-45-18-11-33-75(90)85-61-66(55-59-98(85)122)107-106-83-41-16-25-52-101(83)127-114(106)120-116(118-107)126-96-51-24-15-40-82(96)103-100(126)64-88-78-36-13-22-49-94(78)124-92-47-20-9-32-74(92)72-30-5-7-38-80(72)105(103)111(88)124/h1-64H. The fourth-order valence-electron chi connectivity index (χ4n) is 22.5. The fourth-order valence-corrected chi connectivity index (χ4v) is 22.5. The Balaban J connectivity index is 0.594. The van der Waals surface area contributed by atoms with Crippen molar-refractivity contribution in [1.29, 1.82) is 0 Å². The zero-order chi connectivity index (χ0) is 83.0. The lowest BCUT2D eigenvalue weighted by molar-refractivity contribution is 0.651. The highest BCUT2D eigenvalue weighted by molar-refractivity contribution is 6.31. The average Bonchev–Trinajstić information content (AvgIpc) is 1.53. The minimum Gasteiger partial charge on any atom is -0.437 e. The normalized spacial score (nSPS) is 12.5. The van der Waals surface area contributed by atoms with Crippen molar-refractivity contribution in [2.75, 3.05) is 0 Å². The van der Waals surface area contributed by atoms with Gasteiger partial charge < -0.3 is 27.1 Å². The summed E-state index contributed by atoms with van der Waals surface area (Å²) in [7, 11) is 0. The second-order valence-electron chi connectivity index (χ2n) is 34.2. The molecule has 0 fully saturated rings. The molecule has 0 saturated heterocycles. The van der Waals surface area contributed by atoms with Gasteiger partial charge in [-0.3, -0.25) is 9.13 Å². The van der Waals surface area contributed by atoms with Gasteiger partial charge in [-0.2, -0.15) is 9.97 Å². The number of aromatic nitrogens is 10. The highest BCUT2D eigenvalue weighted by atomic mass is 16.3. The third-order valence-electron chi connectivity index (χ3n) is 27.7. The summed E-state index contributed by atoms with van der Waals surface area (Å²) in [5, 5.41) is 16.3. The van der Waals surface area contributed by atoms with Gasteiger partial charge in [0.15, 0.2) is 5.82 Å². The Labute approximate surface area is 727 Å². The molecule has 18 aromatic carbocycles. The average molecular weight is 1630 g/mol. The molecule has 12 heterocycles. The van der Waals surface area contributed by atoms with E-state index in [-0.39, 0.29) is 0 Å². The Morgan fingerprint density at radius 3 is 1.20 bits per heavy atom. The molecule has 28 aromatic rings. The van der Waals surface area contributed by atoms with Gasteiger partial charge >= 0.3 is 0 Å². The zero-order valence-electron chi connectivity index (χ0n) is 68.2. The van der Waals surface area contributed by atoms with Crippen LogP contribution >= 0.6 is 0 Å². The van der Waals surface area contributed by atoms with Crippen LogP contribution in [0.2, 0.25) is 0 Å². The maximum atomic E-state index is 7.38. The van der Waals surface area contributed by atoms with Crippen molar-refractivity contribution in [2.24, 2.45) is 0 Å². The van der Waals surface area contributed by atoms with E-state index in [1.165, 1.54) is 66.3 Å². The third kappa shape index (κ3) is 8.99. The quantitative estimate of drug-likeness (QED) is 0.157. The summed E-state index contributed by atoms with van der Waals surface area (Å²) in [4.78, 5) is 23.3. The third-order valence-corrected chi connectivity index (χ3v) is 27.7. The van der Waals surface area contributed by atoms with Gasteiger partial charge in [-0.05, 0) is 149 Å². The number of furan rings is 2. The molecule has 12 nitrogen and oxygen atoms in total. The Bertz CT molecular complexity index is 9870. The van der Waals surface area contributed by atoms with E-state index in [9.17, 15) is 0 Å². The van der Waals surface area contributed by atoms with Crippen LogP contribution in [0.1, 0.15) is 0 Å². The van der Waals surface area contributed by atoms with Crippen molar-refractivity contribution in [2.45, 2.75) is 0 Å². The second kappa shape index (κ2) is 25.1. The van der Waals surface area contributed by atoms with Gasteiger partial charge in [-0.1, -0.05) is 267 Å². The van der Waals surface area contributed by atoms with E-state index in [1.807, 2.05) is 12.1 Å². The lowest BCUT2D eigenvalue weighted by atomic mass is 9.91. The first-order chi connectivity index (χ1) is 63.5. The largest absolute Gasteiger partial charge is 0.437 e. The number of rotatable bonds is 7. The molecule has 2 aliphatic rings. The van der Waals surface area contributed by atoms with Crippen LogP contribution < -0.4 is 0 Å². The van der Waals surface area contributed by atoms with Crippen LogP contribution in [0.3, 0.4) is 0 Å². The predicted octanol–water partition coefficient (Wildman–Crippen LogP) is 29.9.